The summed E-state index contributed by atoms with van der Waals surface area (Å²) < 4.78 is 5.67. The van der Waals surface area contributed by atoms with Crippen LogP contribution in [-0.4, -0.2) is 36.7 Å². The van der Waals surface area contributed by atoms with Gasteiger partial charge in [0.05, 0.1) is 12.7 Å². The zero-order valence-electron chi connectivity index (χ0n) is 12.3. The van der Waals surface area contributed by atoms with Gasteiger partial charge in [-0.25, -0.2) is 0 Å². The number of nitrogens with two attached hydrogens (primary N) is 1. The summed E-state index contributed by atoms with van der Waals surface area (Å²) in [6.07, 6.45) is 1.55. The molecule has 1 aromatic rings. The van der Waals surface area contributed by atoms with E-state index in [1.54, 1.807) is 0 Å². The Morgan fingerprint density at radius 1 is 1.32 bits per heavy atom. The van der Waals surface area contributed by atoms with Crippen molar-refractivity contribution in [1.29, 1.82) is 0 Å². The quantitative estimate of drug-likeness (QED) is 0.848. The van der Waals surface area contributed by atoms with Gasteiger partial charge in [0.25, 0.3) is 0 Å². The molecule has 1 fully saturated rings. The highest BCUT2D eigenvalue weighted by Gasteiger charge is 2.23. The Bertz CT molecular complexity index is 390. The van der Waals surface area contributed by atoms with E-state index in [1.165, 1.54) is 12.0 Å². The van der Waals surface area contributed by atoms with Gasteiger partial charge in [-0.15, -0.1) is 0 Å². The second-order valence-corrected chi connectivity index (χ2v) is 5.84. The second kappa shape index (κ2) is 6.40. The molecule has 3 atom stereocenters. The van der Waals surface area contributed by atoms with Crippen LogP contribution < -0.4 is 5.73 Å². The van der Waals surface area contributed by atoms with E-state index < -0.39 is 0 Å². The Balaban J connectivity index is 1.85. The number of morpholine rings is 1. The fraction of sp³-hybridized carbons (Fsp3) is 0.625. The molecule has 3 unspecified atom stereocenters. The van der Waals surface area contributed by atoms with Crippen LogP contribution in [0.15, 0.2) is 24.3 Å². The highest BCUT2D eigenvalue weighted by molar-refractivity contribution is 5.40. The lowest BCUT2D eigenvalue weighted by Gasteiger charge is -2.37. The Kier molecular flexibility index (Phi) is 4.83. The van der Waals surface area contributed by atoms with Crippen molar-refractivity contribution < 1.29 is 4.74 Å². The van der Waals surface area contributed by atoms with Crippen molar-refractivity contribution in [2.45, 2.75) is 45.3 Å². The molecule has 1 heterocycles. The van der Waals surface area contributed by atoms with Gasteiger partial charge in [-0.05, 0) is 50.4 Å². The number of hydrogen-bond donors (Lipinski definition) is 1. The molecule has 19 heavy (non-hydrogen) atoms. The molecular formula is C16H26N2O. The zero-order valence-corrected chi connectivity index (χ0v) is 12.3. The first-order valence-electron chi connectivity index (χ1n) is 7.27. The topological polar surface area (TPSA) is 38.5 Å². The fourth-order valence-electron chi connectivity index (χ4n) is 2.63. The Morgan fingerprint density at radius 2 is 2.00 bits per heavy atom. The minimum Gasteiger partial charge on any atom is -0.399 e. The van der Waals surface area contributed by atoms with Crippen molar-refractivity contribution in [1.82, 2.24) is 4.90 Å². The summed E-state index contributed by atoms with van der Waals surface area (Å²) in [7, 11) is 0. The van der Waals surface area contributed by atoms with Crippen molar-refractivity contribution in [2.75, 3.05) is 25.4 Å². The predicted molar refractivity (Wildman–Crippen MR) is 80.3 cm³/mol. The van der Waals surface area contributed by atoms with Crippen molar-refractivity contribution in [3.8, 4) is 0 Å². The lowest BCUT2D eigenvalue weighted by Crippen LogP contribution is -2.47. The Labute approximate surface area is 116 Å². The standard InChI is InChI=1S/C16H26N2O/c1-12(15-4-6-16(17)7-5-15)8-9-18-10-14(3)19-11-13(18)2/h4-7,12-14H,8-11,17H2,1-3H3. The van der Waals surface area contributed by atoms with Gasteiger partial charge in [0.15, 0.2) is 0 Å². The fourth-order valence-corrected chi connectivity index (χ4v) is 2.63. The molecule has 0 saturated carbocycles. The van der Waals surface area contributed by atoms with Crippen LogP contribution in [0.2, 0.25) is 0 Å². The highest BCUT2D eigenvalue weighted by Crippen LogP contribution is 2.22. The van der Waals surface area contributed by atoms with Gasteiger partial charge in [-0.3, -0.25) is 4.90 Å². The third-order valence-electron chi connectivity index (χ3n) is 4.09. The molecule has 106 valence electrons. The third-order valence-corrected chi connectivity index (χ3v) is 4.09. The van der Waals surface area contributed by atoms with Gasteiger partial charge in [0.1, 0.15) is 0 Å². The normalized spacial score (nSPS) is 26.3. The zero-order chi connectivity index (χ0) is 13.8. The second-order valence-electron chi connectivity index (χ2n) is 5.84. The maximum absolute atomic E-state index is 5.73. The number of anilines is 1. The van der Waals surface area contributed by atoms with Gasteiger partial charge in [-0.2, -0.15) is 0 Å². The molecule has 1 aromatic carbocycles. The first kappa shape index (κ1) is 14.4. The molecule has 0 aromatic heterocycles. The van der Waals surface area contributed by atoms with Crippen LogP contribution in [0, 0.1) is 0 Å². The number of ether oxygens (including phenoxy) is 1. The summed E-state index contributed by atoms with van der Waals surface area (Å²) in [6, 6.07) is 8.81. The van der Waals surface area contributed by atoms with Gasteiger partial charge in [-0.1, -0.05) is 19.1 Å². The first-order valence-corrected chi connectivity index (χ1v) is 7.27. The SMILES string of the molecule is CC1CN(CCC(C)c2ccc(N)cc2)C(C)CO1. The van der Waals surface area contributed by atoms with E-state index in [4.69, 9.17) is 10.5 Å². The monoisotopic (exact) mass is 262 g/mol. The summed E-state index contributed by atoms with van der Waals surface area (Å²) in [5.41, 5.74) is 7.95. The summed E-state index contributed by atoms with van der Waals surface area (Å²) >= 11 is 0. The maximum Gasteiger partial charge on any atom is 0.0674 e. The largest absolute Gasteiger partial charge is 0.399 e. The van der Waals surface area contributed by atoms with Crippen LogP contribution in [0.3, 0.4) is 0 Å². The van der Waals surface area contributed by atoms with Gasteiger partial charge < -0.3 is 10.5 Å². The van der Waals surface area contributed by atoms with Crippen LogP contribution in [0.1, 0.15) is 38.7 Å². The molecule has 1 saturated heterocycles. The number of hydrogen-bond acceptors (Lipinski definition) is 3. The maximum atomic E-state index is 5.73. The molecule has 2 rings (SSSR count). The predicted octanol–water partition coefficient (Wildman–Crippen LogP) is 2.87. The van der Waals surface area contributed by atoms with Crippen molar-refractivity contribution in [3.63, 3.8) is 0 Å². The van der Waals surface area contributed by atoms with Crippen LogP contribution in [-0.2, 0) is 4.74 Å². The van der Waals surface area contributed by atoms with E-state index in [2.05, 4.69) is 37.8 Å². The molecule has 0 spiro atoms. The van der Waals surface area contributed by atoms with Gasteiger partial charge in [0, 0.05) is 18.3 Å². The van der Waals surface area contributed by atoms with E-state index in [9.17, 15) is 0 Å². The molecule has 0 amide bonds. The minimum absolute atomic E-state index is 0.364. The highest BCUT2D eigenvalue weighted by atomic mass is 16.5. The van der Waals surface area contributed by atoms with Crippen molar-refractivity contribution in [3.05, 3.63) is 29.8 Å². The van der Waals surface area contributed by atoms with E-state index in [-0.39, 0.29) is 0 Å². The molecule has 0 aliphatic carbocycles. The van der Waals surface area contributed by atoms with Crippen LogP contribution in [0.25, 0.3) is 0 Å². The molecule has 3 nitrogen and oxygen atoms in total. The van der Waals surface area contributed by atoms with Crippen LogP contribution in [0.5, 0.6) is 0 Å². The number of benzene rings is 1. The average Bonchev–Trinajstić information content (AvgIpc) is 2.40. The Hall–Kier alpha value is -1.06. The molecule has 3 heteroatoms. The molecule has 1 aliphatic rings. The van der Waals surface area contributed by atoms with E-state index >= 15 is 0 Å². The minimum atomic E-state index is 0.364. The van der Waals surface area contributed by atoms with Crippen LogP contribution in [0.4, 0.5) is 5.69 Å². The molecule has 0 radical (unpaired) electrons. The number of rotatable bonds is 4. The van der Waals surface area contributed by atoms with E-state index in [1.807, 2.05) is 12.1 Å². The Morgan fingerprint density at radius 3 is 2.68 bits per heavy atom. The van der Waals surface area contributed by atoms with E-state index in [0.717, 1.165) is 25.4 Å². The first-order chi connectivity index (χ1) is 9.06. The summed E-state index contributed by atoms with van der Waals surface area (Å²) in [4.78, 5) is 2.54. The van der Waals surface area contributed by atoms with Crippen molar-refractivity contribution in [2.24, 2.45) is 0 Å². The van der Waals surface area contributed by atoms with Crippen LogP contribution >= 0.6 is 0 Å². The summed E-state index contributed by atoms with van der Waals surface area (Å²) in [5.74, 6) is 0.575. The summed E-state index contributed by atoms with van der Waals surface area (Å²) in [6.45, 7) is 9.75. The summed E-state index contributed by atoms with van der Waals surface area (Å²) in [5, 5.41) is 0. The third kappa shape index (κ3) is 3.95. The molecule has 1 aliphatic heterocycles. The van der Waals surface area contributed by atoms with Gasteiger partial charge >= 0.3 is 0 Å². The average molecular weight is 262 g/mol. The van der Waals surface area contributed by atoms with E-state index in [0.29, 0.717) is 18.1 Å². The lowest BCUT2D eigenvalue weighted by atomic mass is 9.97. The number of nitrogen functional groups attached to an aromatic ring is 1. The molecular weight excluding hydrogens is 236 g/mol. The smallest absolute Gasteiger partial charge is 0.0674 e. The van der Waals surface area contributed by atoms with Gasteiger partial charge in [0.2, 0.25) is 0 Å². The number of nitrogens with zero attached hydrogens (tertiary/aromatic N) is 1. The molecule has 0 bridgehead atoms. The molecule has 2 N–H and O–H groups in total. The lowest BCUT2D eigenvalue weighted by molar-refractivity contribution is -0.0499. The van der Waals surface area contributed by atoms with Crippen molar-refractivity contribution >= 4 is 5.69 Å².